The van der Waals surface area contributed by atoms with Crippen molar-refractivity contribution in [1.29, 1.82) is 0 Å². The Labute approximate surface area is 418 Å². The van der Waals surface area contributed by atoms with E-state index in [-0.39, 0.29) is 49.6 Å². The molecule has 4 saturated heterocycles. The molecule has 1 spiro atoms. The maximum atomic E-state index is 14.8. The van der Waals surface area contributed by atoms with Crippen molar-refractivity contribution < 1.29 is 42.9 Å². The third kappa shape index (κ3) is 10.5. The van der Waals surface area contributed by atoms with Crippen molar-refractivity contribution in [3.05, 3.63) is 60.4 Å². The van der Waals surface area contributed by atoms with E-state index in [9.17, 15) is 24.0 Å². The van der Waals surface area contributed by atoms with E-state index < -0.39 is 53.0 Å². The van der Waals surface area contributed by atoms with Crippen LogP contribution in [0.5, 0.6) is 0 Å². The summed E-state index contributed by atoms with van der Waals surface area (Å²) in [6, 6.07) is 7.54. The van der Waals surface area contributed by atoms with Gasteiger partial charge in [0.2, 0.25) is 11.8 Å². The number of pyridine rings is 1. The first kappa shape index (κ1) is 51.8. The zero-order chi connectivity index (χ0) is 50.9. The fraction of sp³-hybridized carbons (Fsp3) is 0.623. The Balaban J connectivity index is 1.09. The lowest BCUT2D eigenvalue weighted by Gasteiger charge is -2.45. The Morgan fingerprint density at radius 3 is 2.61 bits per heavy atom. The molecule has 7 atom stereocenters. The van der Waals surface area contributed by atoms with Crippen LogP contribution in [0.25, 0.3) is 22.2 Å². The van der Waals surface area contributed by atoms with Gasteiger partial charge in [0, 0.05) is 99.5 Å². The Hall–Kier alpha value is -5.56. The summed E-state index contributed by atoms with van der Waals surface area (Å²) in [6.07, 6.45) is 4.64. The molecule has 0 aliphatic carbocycles. The van der Waals surface area contributed by atoms with Crippen molar-refractivity contribution in [3.63, 3.8) is 0 Å². The number of aryl methyl sites for hydroxylation is 1. The number of cyclic esters (lactones) is 1. The molecule has 0 unspecified atom stereocenters. The average molecular weight is 982 g/mol. The number of methoxy groups -OCH3 is 1. The molecule has 18 nitrogen and oxygen atoms in total. The number of carbonyl (C=O) groups is 5. The maximum Gasteiger partial charge on any atom is 0.324 e. The molecule has 2 aromatic heterocycles. The molecule has 18 heteroatoms. The van der Waals surface area contributed by atoms with Crippen LogP contribution in [-0.2, 0) is 51.1 Å². The number of amides is 5. The van der Waals surface area contributed by atoms with Crippen LogP contribution < -0.4 is 15.6 Å². The highest BCUT2D eigenvalue weighted by atomic mass is 16.5. The number of hydrazine groups is 1. The summed E-state index contributed by atoms with van der Waals surface area (Å²) < 4.78 is 27.0. The van der Waals surface area contributed by atoms with Crippen molar-refractivity contribution in [2.75, 3.05) is 78.3 Å². The number of urea groups is 1. The predicted octanol–water partition coefficient (Wildman–Crippen LogP) is 5.29. The number of hydrogen-bond acceptors (Lipinski definition) is 12. The number of nitrogens with one attached hydrogen (secondary N) is 2. The first-order valence-corrected chi connectivity index (χ1v) is 25.5. The van der Waals surface area contributed by atoms with Crippen LogP contribution in [0.4, 0.5) is 10.5 Å². The van der Waals surface area contributed by atoms with Crippen LogP contribution in [-0.4, -0.2) is 162 Å². The largest absolute Gasteiger partial charge is 0.464 e. The van der Waals surface area contributed by atoms with Gasteiger partial charge in [-0.3, -0.25) is 29.2 Å². The zero-order valence-corrected chi connectivity index (χ0v) is 43.2. The third-order valence-electron chi connectivity index (χ3n) is 15.5. The van der Waals surface area contributed by atoms with Gasteiger partial charge in [-0.2, -0.15) is 0 Å². The minimum Gasteiger partial charge on any atom is -0.464 e. The molecule has 5 aliphatic heterocycles. The van der Waals surface area contributed by atoms with E-state index in [4.69, 9.17) is 23.9 Å². The summed E-state index contributed by atoms with van der Waals surface area (Å²) in [5, 5.41) is 5.63. The summed E-state index contributed by atoms with van der Waals surface area (Å²) in [7, 11) is 3.32. The van der Waals surface area contributed by atoms with Crippen molar-refractivity contribution in [2.45, 2.75) is 123 Å². The number of piperidine rings is 1. The standard InChI is InChI=1S/C53H75N9O9/c1-11-44(63)60-30-53(71-32-60)19-22-59(28-34(53)5)51(67)57(9)46(33(3)4)48(64)55-42-26-37-29-58(23-24-69-37)36-17-18-43-39(25-36)40(47(61(43)12-2)38-15-13-20-54-45(38)35(6)68-10)27-52(7,8)31-70-50(66)41-16-14-21-62(56-41)49(42)65/h11,13,15,17-18,20,25,33-35,37,41-42,46,56H,1,12,14,16,19,21-24,26-32H2,2-10H3,(H,55,64)/t34-,35+,37+,41+,42+,46+,53+/m1/s1. The zero-order valence-electron chi connectivity index (χ0n) is 43.2. The highest BCUT2D eigenvalue weighted by Crippen LogP contribution is 2.42. The highest BCUT2D eigenvalue weighted by molar-refractivity contribution is 5.95. The SMILES string of the molecule is C=CC(=O)N1CO[C@@]2(CCN(C(=O)N(C)[C@H](C(=O)N[C@H]3C[C@H]4CN(CCO4)c4ccc5c(c4)c(c(-c4cccnc4[C@H](C)OC)n5CC)CC(C)(C)COC(=O)[C@@H]4CCCN(N4)C3=O)C(C)C)C[C@H]2C)C1. The molecule has 386 valence electrons. The number of ether oxygens (including phenoxy) is 4. The van der Waals surface area contributed by atoms with Crippen LogP contribution in [0.3, 0.4) is 0 Å². The normalized spacial score (nSPS) is 26.0. The molecular formula is C53H75N9O9. The molecule has 4 fully saturated rings. The number of nitrogens with zero attached hydrogens (tertiary/aromatic N) is 7. The van der Waals surface area contributed by atoms with E-state index in [0.29, 0.717) is 78.1 Å². The maximum absolute atomic E-state index is 14.8. The number of hydrogen-bond donors (Lipinski definition) is 2. The van der Waals surface area contributed by atoms with E-state index in [0.717, 1.165) is 39.1 Å². The molecule has 0 saturated carbocycles. The first-order chi connectivity index (χ1) is 33.9. The van der Waals surface area contributed by atoms with Gasteiger partial charge in [-0.25, -0.2) is 10.2 Å². The Kier molecular flexibility index (Phi) is 15.5. The number of rotatable bonds is 9. The number of carbonyl (C=O) groups excluding carboxylic acids is 5. The van der Waals surface area contributed by atoms with Gasteiger partial charge >= 0.3 is 12.0 Å². The molecule has 71 heavy (non-hydrogen) atoms. The number of fused-ring (bicyclic) bond motifs is 6. The fourth-order valence-electron chi connectivity index (χ4n) is 11.5. The Bertz CT molecular complexity index is 2490. The monoisotopic (exact) mass is 982 g/mol. The lowest BCUT2D eigenvalue weighted by Crippen LogP contribution is -2.63. The molecule has 3 aromatic rings. The minimum absolute atomic E-state index is 0.0871. The van der Waals surface area contributed by atoms with Crippen LogP contribution >= 0.6 is 0 Å². The minimum atomic E-state index is -1.06. The van der Waals surface area contributed by atoms with Gasteiger partial charge < -0.3 is 48.4 Å². The number of morpholine rings is 1. The molecule has 8 rings (SSSR count). The quantitative estimate of drug-likeness (QED) is 0.209. The second-order valence-electron chi connectivity index (χ2n) is 21.3. The van der Waals surface area contributed by atoms with E-state index in [1.54, 1.807) is 30.2 Å². The number of esters is 1. The molecule has 5 amide bonds. The third-order valence-corrected chi connectivity index (χ3v) is 15.5. The summed E-state index contributed by atoms with van der Waals surface area (Å²) in [5.74, 6) is -1.92. The number of aromatic nitrogens is 2. The highest BCUT2D eigenvalue weighted by Gasteiger charge is 2.49. The van der Waals surface area contributed by atoms with Gasteiger partial charge in [0.05, 0.1) is 49.0 Å². The van der Waals surface area contributed by atoms with Gasteiger partial charge in [0.25, 0.3) is 5.91 Å². The fourth-order valence-corrected chi connectivity index (χ4v) is 11.5. The number of benzene rings is 1. The summed E-state index contributed by atoms with van der Waals surface area (Å²) >= 11 is 0. The molecule has 7 heterocycles. The van der Waals surface area contributed by atoms with Crippen molar-refractivity contribution in [1.82, 2.24) is 40.0 Å². The summed E-state index contributed by atoms with van der Waals surface area (Å²) in [5.41, 5.74) is 8.18. The topological polar surface area (TPSA) is 180 Å². The molecule has 0 radical (unpaired) electrons. The van der Waals surface area contributed by atoms with Gasteiger partial charge in [-0.1, -0.05) is 41.2 Å². The van der Waals surface area contributed by atoms with Crippen LogP contribution in [0.2, 0.25) is 0 Å². The second-order valence-corrected chi connectivity index (χ2v) is 21.3. The molecule has 5 aliphatic rings. The van der Waals surface area contributed by atoms with Gasteiger partial charge in [-0.05, 0) is 87.4 Å². The van der Waals surface area contributed by atoms with Gasteiger partial charge in [-0.15, -0.1) is 0 Å². The molecule has 1 aromatic carbocycles. The summed E-state index contributed by atoms with van der Waals surface area (Å²) in [4.78, 5) is 82.2. The lowest BCUT2D eigenvalue weighted by atomic mass is 9.82. The molecule has 6 bridgehead atoms. The second kappa shape index (κ2) is 21.3. The molecule has 2 N–H and O–H groups in total. The van der Waals surface area contributed by atoms with Crippen molar-refractivity contribution >= 4 is 46.3 Å². The van der Waals surface area contributed by atoms with E-state index in [1.165, 1.54) is 16.0 Å². The van der Waals surface area contributed by atoms with E-state index in [2.05, 4.69) is 71.8 Å². The van der Waals surface area contributed by atoms with E-state index >= 15 is 0 Å². The van der Waals surface area contributed by atoms with E-state index in [1.807, 2.05) is 33.8 Å². The Morgan fingerprint density at radius 1 is 1.10 bits per heavy atom. The number of likely N-dealkylation sites (tertiary alicyclic amines) is 1. The van der Waals surface area contributed by atoms with Gasteiger partial charge in [0.15, 0.2) is 0 Å². The smallest absolute Gasteiger partial charge is 0.324 e. The van der Waals surface area contributed by atoms with Crippen LogP contribution in [0.15, 0.2) is 49.2 Å². The van der Waals surface area contributed by atoms with Crippen molar-refractivity contribution in [3.8, 4) is 11.3 Å². The molecular weight excluding hydrogens is 907 g/mol. The summed E-state index contributed by atoms with van der Waals surface area (Å²) in [6.45, 7) is 21.8. The number of anilines is 1. The first-order valence-electron chi connectivity index (χ1n) is 25.5. The van der Waals surface area contributed by atoms with Crippen molar-refractivity contribution in [2.24, 2.45) is 17.3 Å². The Morgan fingerprint density at radius 2 is 1.89 bits per heavy atom. The van der Waals surface area contributed by atoms with Crippen LogP contribution in [0.1, 0.15) is 91.5 Å². The van der Waals surface area contributed by atoms with Crippen LogP contribution in [0, 0.1) is 17.3 Å². The predicted molar refractivity (Wildman–Crippen MR) is 269 cm³/mol. The average Bonchev–Trinajstić information content (AvgIpc) is 3.94. The number of likely N-dealkylation sites (N-methyl/N-ethyl adjacent to an activating group) is 1. The van der Waals surface area contributed by atoms with Gasteiger partial charge in [0.1, 0.15) is 24.9 Å². The lowest BCUT2D eigenvalue weighted by molar-refractivity contribution is -0.156.